The summed E-state index contributed by atoms with van der Waals surface area (Å²) in [5.41, 5.74) is 5.80. The number of rotatable bonds is 3. The second-order valence-corrected chi connectivity index (χ2v) is 8.97. The number of alkyl halides is 3. The summed E-state index contributed by atoms with van der Waals surface area (Å²) in [6.45, 7) is 5.65. The highest BCUT2D eigenvalue weighted by molar-refractivity contribution is 6.30. The first-order valence-corrected chi connectivity index (χ1v) is 10.4. The van der Waals surface area contributed by atoms with Crippen molar-refractivity contribution in [3.05, 3.63) is 70.2 Å². The van der Waals surface area contributed by atoms with E-state index in [4.69, 9.17) is 11.6 Å². The summed E-state index contributed by atoms with van der Waals surface area (Å²) in [6.07, 6.45) is -4.31. The Morgan fingerprint density at radius 2 is 1.78 bits per heavy atom. The molecule has 0 aliphatic carbocycles. The van der Waals surface area contributed by atoms with Crippen molar-refractivity contribution < 1.29 is 18.0 Å². The van der Waals surface area contributed by atoms with Gasteiger partial charge in [0.25, 0.3) is 5.91 Å². The molecule has 1 heterocycles. The highest BCUT2D eigenvalue weighted by Gasteiger charge is 2.31. The predicted octanol–water partition coefficient (Wildman–Crippen LogP) is 4.40. The van der Waals surface area contributed by atoms with Crippen LogP contribution >= 0.6 is 11.6 Å². The van der Waals surface area contributed by atoms with E-state index in [0.29, 0.717) is 11.4 Å². The van der Waals surface area contributed by atoms with Gasteiger partial charge in [-0.25, -0.2) is 15.8 Å². The normalized spacial score (nSPS) is 19.7. The van der Waals surface area contributed by atoms with Crippen molar-refractivity contribution in [3.8, 4) is 0 Å². The van der Waals surface area contributed by atoms with Gasteiger partial charge in [0, 0.05) is 28.6 Å². The lowest BCUT2D eigenvalue weighted by Gasteiger charge is -2.24. The maximum Gasteiger partial charge on any atom is 0.416 e. The maximum atomic E-state index is 13.0. The number of benzene rings is 2. The molecule has 10 heteroatoms. The Kier molecular flexibility index (Phi) is 7.12. The number of carbonyl (C=O) groups is 1. The van der Waals surface area contributed by atoms with E-state index in [9.17, 15) is 18.0 Å². The summed E-state index contributed by atoms with van der Waals surface area (Å²) in [5.74, 6) is -0.525. The maximum absolute atomic E-state index is 13.0. The van der Waals surface area contributed by atoms with Gasteiger partial charge in [0.1, 0.15) is 6.17 Å². The molecule has 1 aliphatic rings. The summed E-state index contributed by atoms with van der Waals surface area (Å²) < 4.78 is 39.0. The molecule has 32 heavy (non-hydrogen) atoms. The fourth-order valence-corrected chi connectivity index (χ4v) is 3.29. The standard InChI is InChI=1S/C22H25ClF3N5O/c1-21(2,3)29-20(28-19(32)14-5-4-6-15(11-14)22(24,25)26)27-18-12-17(30-31-18)13-7-9-16(23)10-8-13/h4-11,17-18,30-31H,12H2,1-3H3,(H2,27,28,29,32). The van der Waals surface area contributed by atoms with E-state index in [-0.39, 0.29) is 23.7 Å². The summed E-state index contributed by atoms with van der Waals surface area (Å²) >= 11 is 5.94. The predicted molar refractivity (Wildman–Crippen MR) is 118 cm³/mol. The summed E-state index contributed by atoms with van der Waals surface area (Å²) in [6, 6.07) is 11.7. The number of halogens is 4. The molecule has 2 aromatic carbocycles. The average molecular weight is 468 g/mol. The number of nitrogens with zero attached hydrogens (tertiary/aromatic N) is 1. The quantitative estimate of drug-likeness (QED) is 0.398. The zero-order chi connectivity index (χ0) is 23.5. The van der Waals surface area contributed by atoms with Crippen LogP contribution in [0.1, 0.15) is 54.7 Å². The first-order valence-electron chi connectivity index (χ1n) is 10.0. The lowest BCUT2D eigenvalue weighted by Crippen LogP contribution is -2.50. The van der Waals surface area contributed by atoms with E-state index >= 15 is 0 Å². The van der Waals surface area contributed by atoms with Crippen LogP contribution < -0.4 is 21.5 Å². The van der Waals surface area contributed by atoms with Gasteiger partial charge in [-0.2, -0.15) is 13.2 Å². The molecule has 1 amide bonds. The van der Waals surface area contributed by atoms with Crippen molar-refractivity contribution in [1.29, 1.82) is 0 Å². The van der Waals surface area contributed by atoms with E-state index in [1.165, 1.54) is 12.1 Å². The summed E-state index contributed by atoms with van der Waals surface area (Å²) in [7, 11) is 0. The van der Waals surface area contributed by atoms with Gasteiger partial charge >= 0.3 is 6.18 Å². The number of hydrogen-bond acceptors (Lipinski definition) is 4. The highest BCUT2D eigenvalue weighted by atomic mass is 35.5. The van der Waals surface area contributed by atoms with Crippen molar-refractivity contribution in [3.63, 3.8) is 0 Å². The smallest absolute Gasteiger partial charge is 0.351 e. The van der Waals surface area contributed by atoms with Crippen LogP contribution in [0.15, 0.2) is 53.5 Å². The second kappa shape index (κ2) is 9.48. The number of carbonyl (C=O) groups excluding carboxylic acids is 1. The molecule has 1 fully saturated rings. The van der Waals surface area contributed by atoms with E-state index in [2.05, 4.69) is 26.5 Å². The molecular formula is C22H25ClF3N5O. The van der Waals surface area contributed by atoms with Crippen LogP contribution in [0.25, 0.3) is 0 Å². The van der Waals surface area contributed by atoms with Crippen LogP contribution in [-0.2, 0) is 6.18 Å². The largest absolute Gasteiger partial charge is 0.416 e. The minimum absolute atomic E-state index is 0.0175. The minimum Gasteiger partial charge on any atom is -0.351 e. The molecule has 0 saturated carbocycles. The van der Waals surface area contributed by atoms with Gasteiger partial charge in [0.15, 0.2) is 5.96 Å². The van der Waals surface area contributed by atoms with E-state index < -0.39 is 23.2 Å². The molecule has 1 aliphatic heterocycles. The van der Waals surface area contributed by atoms with Crippen molar-refractivity contribution >= 4 is 23.5 Å². The zero-order valence-corrected chi connectivity index (χ0v) is 18.6. The molecule has 0 radical (unpaired) electrons. The summed E-state index contributed by atoms with van der Waals surface area (Å²) in [4.78, 5) is 17.2. The Labute approximate surface area is 189 Å². The molecule has 4 N–H and O–H groups in total. The third kappa shape index (κ3) is 6.69. The van der Waals surface area contributed by atoms with Crippen LogP contribution in [0.3, 0.4) is 0 Å². The van der Waals surface area contributed by atoms with Crippen molar-refractivity contribution in [2.24, 2.45) is 4.99 Å². The Morgan fingerprint density at radius 1 is 1.09 bits per heavy atom. The van der Waals surface area contributed by atoms with Crippen molar-refractivity contribution in [2.75, 3.05) is 0 Å². The Hall–Kier alpha value is -2.62. The molecule has 2 atom stereocenters. The molecule has 6 nitrogen and oxygen atoms in total. The first-order chi connectivity index (χ1) is 14.9. The van der Waals surface area contributed by atoms with Crippen molar-refractivity contribution in [2.45, 2.75) is 51.1 Å². The number of hydrazine groups is 1. The third-order valence-corrected chi connectivity index (χ3v) is 4.87. The molecule has 3 rings (SSSR count). The molecule has 1 saturated heterocycles. The molecule has 2 aromatic rings. The van der Waals surface area contributed by atoms with E-state index in [1.807, 2.05) is 32.9 Å². The molecular weight excluding hydrogens is 443 g/mol. The lowest BCUT2D eigenvalue weighted by atomic mass is 10.0. The number of guanidine groups is 1. The van der Waals surface area contributed by atoms with Crippen LogP contribution in [0.2, 0.25) is 5.02 Å². The Morgan fingerprint density at radius 3 is 2.41 bits per heavy atom. The topological polar surface area (TPSA) is 77.6 Å². The molecule has 2 unspecified atom stereocenters. The zero-order valence-electron chi connectivity index (χ0n) is 17.8. The number of aliphatic imine (C=N–C) groups is 1. The van der Waals surface area contributed by atoms with Crippen molar-refractivity contribution in [1.82, 2.24) is 21.5 Å². The van der Waals surface area contributed by atoms with E-state index in [1.54, 1.807) is 12.1 Å². The first kappa shape index (κ1) is 24.0. The number of nitrogens with one attached hydrogen (secondary N) is 4. The third-order valence-electron chi connectivity index (χ3n) is 4.62. The SMILES string of the molecule is CC(C)(C)NC(=NC1CC(c2ccc(Cl)cc2)NN1)NC(=O)c1cccc(C(F)(F)F)c1. The monoisotopic (exact) mass is 467 g/mol. The van der Waals surface area contributed by atoms with Crippen LogP contribution in [0.5, 0.6) is 0 Å². The molecule has 0 bridgehead atoms. The second-order valence-electron chi connectivity index (χ2n) is 8.53. The van der Waals surface area contributed by atoms with Gasteiger partial charge in [-0.3, -0.25) is 10.1 Å². The molecule has 172 valence electrons. The van der Waals surface area contributed by atoms with Gasteiger partial charge in [-0.1, -0.05) is 29.8 Å². The fourth-order valence-electron chi connectivity index (χ4n) is 3.16. The van der Waals surface area contributed by atoms with Gasteiger partial charge in [0.2, 0.25) is 0 Å². The lowest BCUT2D eigenvalue weighted by molar-refractivity contribution is -0.137. The van der Waals surface area contributed by atoms with Gasteiger partial charge in [0.05, 0.1) is 5.56 Å². The number of hydrogen-bond donors (Lipinski definition) is 4. The Balaban J connectivity index is 1.76. The molecule has 0 aromatic heterocycles. The summed E-state index contributed by atoms with van der Waals surface area (Å²) in [5, 5.41) is 6.35. The number of amides is 1. The average Bonchev–Trinajstić information content (AvgIpc) is 3.15. The van der Waals surface area contributed by atoms with Crippen LogP contribution in [0.4, 0.5) is 13.2 Å². The van der Waals surface area contributed by atoms with Gasteiger partial charge in [-0.05, 0) is 56.7 Å². The van der Waals surface area contributed by atoms with Gasteiger partial charge in [-0.15, -0.1) is 0 Å². The van der Waals surface area contributed by atoms with Gasteiger partial charge < -0.3 is 5.32 Å². The Bertz CT molecular complexity index is 986. The van der Waals surface area contributed by atoms with E-state index in [0.717, 1.165) is 17.7 Å². The fraction of sp³-hybridized carbons (Fsp3) is 0.364. The molecule has 0 spiro atoms. The van der Waals surface area contributed by atoms with Crippen LogP contribution in [-0.4, -0.2) is 23.6 Å². The highest BCUT2D eigenvalue weighted by Crippen LogP contribution is 2.29. The van der Waals surface area contributed by atoms with Crippen LogP contribution in [0, 0.1) is 0 Å². The minimum atomic E-state index is -4.53.